The molecule has 1 N–H and O–H groups in total. The smallest absolute Gasteiger partial charge is 0.277 e. The zero-order valence-electron chi connectivity index (χ0n) is 26.5. The Balaban J connectivity index is 1.58. The minimum absolute atomic E-state index is 0.119. The van der Waals surface area contributed by atoms with E-state index in [4.69, 9.17) is 14.7 Å². The van der Waals surface area contributed by atoms with E-state index in [1.54, 1.807) is 18.1 Å². The van der Waals surface area contributed by atoms with Crippen LogP contribution < -0.4 is 19.9 Å². The molecule has 1 saturated carbocycles. The van der Waals surface area contributed by atoms with E-state index in [2.05, 4.69) is 36.0 Å². The highest BCUT2D eigenvalue weighted by molar-refractivity contribution is 6.09. The van der Waals surface area contributed by atoms with Gasteiger partial charge in [0.25, 0.3) is 5.91 Å². The maximum atomic E-state index is 14.8. The maximum absolute atomic E-state index is 14.8. The van der Waals surface area contributed by atoms with Crippen LogP contribution in [0.3, 0.4) is 0 Å². The SMILES string of the molecule is COc1ccc(N(C(=O)c2cc(-c3ccccc3)nc(N3CCN(C)CC3)n2)[C@@H](CC(C)C)C(=O)NC2CCCCC2)cc1. The van der Waals surface area contributed by atoms with Gasteiger partial charge in [0.15, 0.2) is 0 Å². The molecule has 9 heteroatoms. The summed E-state index contributed by atoms with van der Waals surface area (Å²) < 4.78 is 5.41. The molecule has 2 aliphatic rings. The van der Waals surface area contributed by atoms with Crippen molar-refractivity contribution in [3.63, 3.8) is 0 Å². The molecule has 3 aromatic rings. The van der Waals surface area contributed by atoms with E-state index >= 15 is 0 Å². The van der Waals surface area contributed by atoms with Crippen molar-refractivity contribution in [2.24, 2.45) is 5.92 Å². The van der Waals surface area contributed by atoms with Gasteiger partial charge in [-0.3, -0.25) is 14.5 Å². The van der Waals surface area contributed by atoms with Crippen LogP contribution in [0.5, 0.6) is 5.75 Å². The number of hydrogen-bond acceptors (Lipinski definition) is 7. The Bertz CT molecular complexity index is 1380. The number of amides is 2. The van der Waals surface area contributed by atoms with E-state index in [1.807, 2.05) is 54.6 Å². The molecule has 2 amide bonds. The Labute approximate surface area is 261 Å². The molecule has 1 aromatic heterocycles. The summed E-state index contributed by atoms with van der Waals surface area (Å²) in [7, 11) is 3.72. The Morgan fingerprint density at radius 1 is 0.955 bits per heavy atom. The van der Waals surface area contributed by atoms with Gasteiger partial charge >= 0.3 is 0 Å². The van der Waals surface area contributed by atoms with Crippen molar-refractivity contribution in [3.8, 4) is 17.0 Å². The van der Waals surface area contributed by atoms with E-state index in [-0.39, 0.29) is 29.5 Å². The maximum Gasteiger partial charge on any atom is 0.277 e. The van der Waals surface area contributed by atoms with Gasteiger partial charge in [-0.2, -0.15) is 0 Å². The summed E-state index contributed by atoms with van der Waals surface area (Å²) in [4.78, 5) is 44.7. The summed E-state index contributed by atoms with van der Waals surface area (Å²) in [5, 5.41) is 3.30. The Morgan fingerprint density at radius 3 is 2.27 bits per heavy atom. The standard InChI is InChI=1S/C35H46N6O3/c1-25(2)23-32(33(42)36-27-13-9-6-10-14-27)41(28-15-17-29(44-4)18-16-28)34(43)31-24-30(26-11-7-5-8-12-26)37-35(38-31)40-21-19-39(3)20-22-40/h5,7-8,11-12,15-18,24-25,27,32H,6,9-10,13-14,19-23H2,1-4H3,(H,36,42)/t32-/m0/s1. The van der Waals surface area contributed by atoms with E-state index in [0.29, 0.717) is 29.5 Å². The van der Waals surface area contributed by atoms with Gasteiger partial charge < -0.3 is 19.9 Å². The predicted octanol–water partition coefficient (Wildman–Crippen LogP) is 5.41. The van der Waals surface area contributed by atoms with Crippen molar-refractivity contribution in [2.45, 2.75) is 64.5 Å². The molecule has 234 valence electrons. The molecular weight excluding hydrogens is 552 g/mol. The van der Waals surface area contributed by atoms with Crippen molar-refractivity contribution in [1.29, 1.82) is 0 Å². The van der Waals surface area contributed by atoms with Crippen LogP contribution in [0, 0.1) is 5.92 Å². The third-order valence-electron chi connectivity index (χ3n) is 8.62. The highest BCUT2D eigenvalue weighted by Crippen LogP contribution is 2.29. The highest BCUT2D eigenvalue weighted by atomic mass is 16.5. The molecule has 9 nitrogen and oxygen atoms in total. The minimum Gasteiger partial charge on any atom is -0.497 e. The van der Waals surface area contributed by atoms with Gasteiger partial charge in [-0.15, -0.1) is 0 Å². The number of ether oxygens (including phenoxy) is 1. The van der Waals surface area contributed by atoms with Crippen LogP contribution in [-0.2, 0) is 4.79 Å². The third-order valence-corrected chi connectivity index (χ3v) is 8.62. The van der Waals surface area contributed by atoms with Crippen molar-refractivity contribution in [2.75, 3.05) is 50.1 Å². The zero-order valence-corrected chi connectivity index (χ0v) is 26.5. The molecule has 2 aromatic carbocycles. The third kappa shape index (κ3) is 7.75. The number of hydrogen-bond donors (Lipinski definition) is 1. The molecule has 5 rings (SSSR count). The van der Waals surface area contributed by atoms with Crippen LogP contribution in [0.15, 0.2) is 60.7 Å². The van der Waals surface area contributed by atoms with Crippen molar-refractivity contribution in [1.82, 2.24) is 20.2 Å². The summed E-state index contributed by atoms with van der Waals surface area (Å²) in [5.74, 6) is 0.946. The molecule has 1 aliphatic carbocycles. The number of benzene rings is 2. The second kappa shape index (κ2) is 14.7. The van der Waals surface area contributed by atoms with Gasteiger partial charge in [0.2, 0.25) is 11.9 Å². The molecule has 0 bridgehead atoms. The van der Waals surface area contributed by atoms with Crippen LogP contribution in [-0.4, -0.2) is 79.1 Å². The number of carbonyl (C=O) groups is 2. The zero-order chi connectivity index (χ0) is 31.1. The molecule has 0 spiro atoms. The molecule has 44 heavy (non-hydrogen) atoms. The number of anilines is 2. The summed E-state index contributed by atoms with van der Waals surface area (Å²) in [6.45, 7) is 7.48. The topological polar surface area (TPSA) is 90.9 Å². The lowest BCUT2D eigenvalue weighted by molar-refractivity contribution is -0.123. The monoisotopic (exact) mass is 598 g/mol. The van der Waals surface area contributed by atoms with E-state index < -0.39 is 6.04 Å². The van der Waals surface area contributed by atoms with Gasteiger partial charge in [-0.05, 0) is 62.6 Å². The van der Waals surface area contributed by atoms with E-state index in [0.717, 1.165) is 57.4 Å². The normalized spacial score (nSPS) is 16.9. The summed E-state index contributed by atoms with van der Waals surface area (Å²) >= 11 is 0. The molecule has 1 aliphatic heterocycles. The molecular formula is C35H46N6O3. The first-order valence-corrected chi connectivity index (χ1v) is 16.0. The second-order valence-corrected chi connectivity index (χ2v) is 12.5. The Hall–Kier alpha value is -3.98. The van der Waals surface area contributed by atoms with Gasteiger partial charge in [-0.1, -0.05) is 63.4 Å². The lowest BCUT2D eigenvalue weighted by Gasteiger charge is -2.35. The number of nitrogens with one attached hydrogen (secondary N) is 1. The molecule has 2 fully saturated rings. The van der Waals surface area contributed by atoms with Gasteiger partial charge in [0, 0.05) is 43.5 Å². The van der Waals surface area contributed by atoms with Crippen molar-refractivity contribution >= 4 is 23.5 Å². The lowest BCUT2D eigenvalue weighted by Crippen LogP contribution is -2.53. The van der Waals surface area contributed by atoms with Gasteiger partial charge in [-0.25, -0.2) is 9.97 Å². The number of likely N-dealkylation sites (N-methyl/N-ethyl adjacent to an activating group) is 1. The van der Waals surface area contributed by atoms with Crippen molar-refractivity contribution < 1.29 is 14.3 Å². The number of carbonyl (C=O) groups excluding carboxylic acids is 2. The first kappa shape index (κ1) is 31.4. The molecule has 0 radical (unpaired) electrons. The first-order chi connectivity index (χ1) is 21.3. The quantitative estimate of drug-likeness (QED) is 0.334. The largest absolute Gasteiger partial charge is 0.497 e. The van der Waals surface area contributed by atoms with Gasteiger partial charge in [0.1, 0.15) is 17.5 Å². The fourth-order valence-corrected chi connectivity index (χ4v) is 6.07. The average molecular weight is 599 g/mol. The fraction of sp³-hybridized carbons (Fsp3) is 0.486. The Morgan fingerprint density at radius 2 is 1.64 bits per heavy atom. The summed E-state index contributed by atoms with van der Waals surface area (Å²) in [6.07, 6.45) is 5.87. The lowest BCUT2D eigenvalue weighted by atomic mass is 9.94. The summed E-state index contributed by atoms with van der Waals surface area (Å²) in [6, 6.07) is 18.4. The predicted molar refractivity (Wildman–Crippen MR) is 175 cm³/mol. The molecule has 0 unspecified atom stereocenters. The van der Waals surface area contributed by atoms with E-state index in [9.17, 15) is 9.59 Å². The fourth-order valence-electron chi connectivity index (χ4n) is 6.07. The average Bonchev–Trinajstić information content (AvgIpc) is 3.05. The highest BCUT2D eigenvalue weighted by Gasteiger charge is 2.35. The number of aromatic nitrogens is 2. The number of rotatable bonds is 10. The van der Waals surface area contributed by atoms with Crippen LogP contribution >= 0.6 is 0 Å². The molecule has 2 heterocycles. The first-order valence-electron chi connectivity index (χ1n) is 16.0. The van der Waals surface area contributed by atoms with Crippen LogP contribution in [0.2, 0.25) is 0 Å². The summed E-state index contributed by atoms with van der Waals surface area (Å²) in [5.41, 5.74) is 2.48. The minimum atomic E-state index is -0.708. The van der Waals surface area contributed by atoms with Gasteiger partial charge in [0.05, 0.1) is 12.8 Å². The second-order valence-electron chi connectivity index (χ2n) is 12.5. The number of nitrogens with zero attached hydrogens (tertiary/aromatic N) is 5. The van der Waals surface area contributed by atoms with Crippen molar-refractivity contribution in [3.05, 3.63) is 66.4 Å². The number of methoxy groups -OCH3 is 1. The molecule has 1 atom stereocenters. The molecule has 1 saturated heterocycles. The van der Waals surface area contributed by atoms with E-state index in [1.165, 1.54) is 6.42 Å². The van der Waals surface area contributed by atoms with Crippen LogP contribution in [0.25, 0.3) is 11.3 Å². The van der Waals surface area contributed by atoms with Crippen LogP contribution in [0.4, 0.5) is 11.6 Å². The van der Waals surface area contributed by atoms with Crippen LogP contribution in [0.1, 0.15) is 62.9 Å². The Kier molecular flexibility index (Phi) is 10.5. The number of piperazine rings is 1.